The molecule has 18 heavy (non-hydrogen) atoms. The number of aromatic nitrogens is 2. The molecule has 1 aliphatic heterocycles. The summed E-state index contributed by atoms with van der Waals surface area (Å²) in [6.45, 7) is 8.73. The molecular weight excluding hydrogens is 233 g/mol. The standard InChI is InChI=1S/C13H22FN3O/c1-13(2,3)17-7-5-10(6-8-17)18-12-9-11(14)15-16(12)4/h9-10H,5-8H2,1-4H3. The van der Waals surface area contributed by atoms with Gasteiger partial charge in [0.2, 0.25) is 11.8 Å². The summed E-state index contributed by atoms with van der Waals surface area (Å²) in [5.74, 6) is 0.0290. The summed E-state index contributed by atoms with van der Waals surface area (Å²) in [5.41, 5.74) is 0.212. The Morgan fingerprint density at radius 3 is 2.39 bits per heavy atom. The van der Waals surface area contributed by atoms with Crippen molar-refractivity contribution in [1.29, 1.82) is 0 Å². The zero-order chi connectivity index (χ0) is 13.3. The molecule has 4 nitrogen and oxygen atoms in total. The second-order valence-corrected chi connectivity index (χ2v) is 5.90. The minimum atomic E-state index is -0.486. The number of nitrogens with zero attached hydrogens (tertiary/aromatic N) is 3. The van der Waals surface area contributed by atoms with E-state index in [0.29, 0.717) is 5.88 Å². The van der Waals surface area contributed by atoms with Crippen LogP contribution >= 0.6 is 0 Å². The first-order chi connectivity index (χ1) is 8.36. The Morgan fingerprint density at radius 2 is 1.94 bits per heavy atom. The van der Waals surface area contributed by atoms with Crippen molar-refractivity contribution in [2.24, 2.45) is 7.05 Å². The molecule has 102 valence electrons. The topological polar surface area (TPSA) is 30.3 Å². The van der Waals surface area contributed by atoms with Crippen molar-refractivity contribution in [1.82, 2.24) is 14.7 Å². The summed E-state index contributed by atoms with van der Waals surface area (Å²) in [5, 5.41) is 3.65. The molecule has 1 aliphatic rings. The molecule has 0 unspecified atom stereocenters. The molecule has 1 saturated heterocycles. The lowest BCUT2D eigenvalue weighted by atomic mass is 9.99. The molecule has 0 saturated carbocycles. The molecule has 0 aliphatic carbocycles. The highest BCUT2D eigenvalue weighted by molar-refractivity contribution is 5.09. The van der Waals surface area contributed by atoms with E-state index in [0.717, 1.165) is 25.9 Å². The number of piperidine rings is 1. The number of likely N-dealkylation sites (tertiary alicyclic amines) is 1. The van der Waals surface area contributed by atoms with Gasteiger partial charge in [0.25, 0.3) is 0 Å². The highest BCUT2D eigenvalue weighted by atomic mass is 19.1. The maximum absolute atomic E-state index is 12.9. The minimum absolute atomic E-state index is 0.165. The maximum Gasteiger partial charge on any atom is 0.236 e. The second kappa shape index (κ2) is 4.88. The summed E-state index contributed by atoms with van der Waals surface area (Å²) < 4.78 is 20.2. The highest BCUT2D eigenvalue weighted by Gasteiger charge is 2.28. The van der Waals surface area contributed by atoms with Crippen molar-refractivity contribution >= 4 is 0 Å². The van der Waals surface area contributed by atoms with Crippen molar-refractivity contribution in [3.05, 3.63) is 12.0 Å². The van der Waals surface area contributed by atoms with Gasteiger partial charge in [0.15, 0.2) is 0 Å². The molecule has 0 spiro atoms. The van der Waals surface area contributed by atoms with E-state index in [-0.39, 0.29) is 11.6 Å². The van der Waals surface area contributed by atoms with Gasteiger partial charge in [0.1, 0.15) is 6.10 Å². The fourth-order valence-electron chi connectivity index (χ4n) is 2.34. The quantitative estimate of drug-likeness (QED) is 0.811. The molecule has 0 bridgehead atoms. The predicted molar refractivity (Wildman–Crippen MR) is 68.1 cm³/mol. The number of hydrogen-bond acceptors (Lipinski definition) is 3. The first kappa shape index (κ1) is 13.3. The maximum atomic E-state index is 12.9. The van der Waals surface area contributed by atoms with E-state index < -0.39 is 5.95 Å². The molecular formula is C13H22FN3O. The van der Waals surface area contributed by atoms with Gasteiger partial charge in [-0.15, -0.1) is 5.10 Å². The average Bonchev–Trinajstić information content (AvgIpc) is 2.57. The summed E-state index contributed by atoms with van der Waals surface area (Å²) in [7, 11) is 1.70. The van der Waals surface area contributed by atoms with Gasteiger partial charge in [-0.25, -0.2) is 4.68 Å². The lowest BCUT2D eigenvalue weighted by Crippen LogP contribution is -2.48. The molecule has 0 radical (unpaired) electrons. The van der Waals surface area contributed by atoms with Crippen LogP contribution in [0.3, 0.4) is 0 Å². The highest BCUT2D eigenvalue weighted by Crippen LogP contribution is 2.23. The van der Waals surface area contributed by atoms with Crippen molar-refractivity contribution in [2.75, 3.05) is 13.1 Å². The number of ether oxygens (including phenoxy) is 1. The average molecular weight is 255 g/mol. The van der Waals surface area contributed by atoms with Crippen LogP contribution in [0.2, 0.25) is 0 Å². The first-order valence-corrected chi connectivity index (χ1v) is 6.47. The van der Waals surface area contributed by atoms with E-state index in [4.69, 9.17) is 4.74 Å². The third-order valence-electron chi connectivity index (χ3n) is 3.49. The van der Waals surface area contributed by atoms with Gasteiger partial charge in [-0.2, -0.15) is 4.39 Å². The summed E-state index contributed by atoms with van der Waals surface area (Å²) in [4.78, 5) is 2.46. The molecule has 0 aromatic carbocycles. The smallest absolute Gasteiger partial charge is 0.236 e. The Morgan fingerprint density at radius 1 is 1.33 bits per heavy atom. The fourth-order valence-corrected chi connectivity index (χ4v) is 2.34. The van der Waals surface area contributed by atoms with Gasteiger partial charge < -0.3 is 4.74 Å². The summed E-state index contributed by atoms with van der Waals surface area (Å²) >= 11 is 0. The van der Waals surface area contributed by atoms with E-state index in [1.54, 1.807) is 7.05 Å². The summed E-state index contributed by atoms with van der Waals surface area (Å²) in [6.07, 6.45) is 2.12. The van der Waals surface area contributed by atoms with Gasteiger partial charge in [-0.05, 0) is 33.6 Å². The van der Waals surface area contributed by atoms with Crippen LogP contribution < -0.4 is 4.74 Å². The van der Waals surface area contributed by atoms with Crippen molar-refractivity contribution in [2.45, 2.75) is 45.3 Å². The molecule has 1 aromatic heterocycles. The largest absolute Gasteiger partial charge is 0.474 e. The Bertz CT molecular complexity index is 403. The number of rotatable bonds is 2. The Hall–Kier alpha value is -1.10. The van der Waals surface area contributed by atoms with Gasteiger partial charge >= 0.3 is 0 Å². The van der Waals surface area contributed by atoms with Crippen LogP contribution in [-0.4, -0.2) is 39.4 Å². The van der Waals surface area contributed by atoms with Gasteiger partial charge in [-0.1, -0.05) is 0 Å². The van der Waals surface area contributed by atoms with Gasteiger partial charge in [0, 0.05) is 25.7 Å². The van der Waals surface area contributed by atoms with Gasteiger partial charge in [-0.3, -0.25) is 4.90 Å². The third kappa shape index (κ3) is 3.02. The molecule has 5 heteroatoms. The number of aryl methyl sites for hydroxylation is 1. The van der Waals surface area contributed by atoms with Crippen LogP contribution in [0, 0.1) is 5.95 Å². The number of hydrogen-bond donors (Lipinski definition) is 0. The number of halogens is 1. The summed E-state index contributed by atoms with van der Waals surface area (Å²) in [6, 6.07) is 1.34. The monoisotopic (exact) mass is 255 g/mol. The molecule has 2 rings (SSSR count). The molecule has 2 heterocycles. The van der Waals surface area contributed by atoms with E-state index in [1.165, 1.54) is 10.7 Å². The van der Waals surface area contributed by atoms with E-state index >= 15 is 0 Å². The zero-order valence-corrected chi connectivity index (χ0v) is 11.6. The normalized spacial score (nSPS) is 19.2. The van der Waals surface area contributed by atoms with Crippen LogP contribution in [0.1, 0.15) is 33.6 Å². The van der Waals surface area contributed by atoms with Crippen molar-refractivity contribution in [3.63, 3.8) is 0 Å². The van der Waals surface area contributed by atoms with Crippen LogP contribution in [-0.2, 0) is 7.05 Å². The predicted octanol–water partition coefficient (Wildman–Crippen LogP) is 2.20. The fraction of sp³-hybridized carbons (Fsp3) is 0.769. The van der Waals surface area contributed by atoms with E-state index in [1.807, 2.05) is 0 Å². The van der Waals surface area contributed by atoms with Crippen molar-refractivity contribution < 1.29 is 9.13 Å². The van der Waals surface area contributed by atoms with E-state index in [2.05, 4.69) is 30.8 Å². The minimum Gasteiger partial charge on any atom is -0.474 e. The molecule has 1 fully saturated rings. The second-order valence-electron chi connectivity index (χ2n) is 5.90. The lowest BCUT2D eigenvalue weighted by Gasteiger charge is -2.40. The Balaban J connectivity index is 1.89. The molecule has 0 N–H and O–H groups in total. The Labute approximate surface area is 108 Å². The first-order valence-electron chi connectivity index (χ1n) is 6.47. The molecule has 1 aromatic rings. The van der Waals surface area contributed by atoms with Crippen LogP contribution in [0.25, 0.3) is 0 Å². The van der Waals surface area contributed by atoms with Crippen LogP contribution in [0.15, 0.2) is 6.07 Å². The van der Waals surface area contributed by atoms with Crippen molar-refractivity contribution in [3.8, 4) is 5.88 Å². The Kier molecular flexibility index (Phi) is 3.61. The molecule has 0 amide bonds. The van der Waals surface area contributed by atoms with Crippen LogP contribution in [0.5, 0.6) is 5.88 Å². The third-order valence-corrected chi connectivity index (χ3v) is 3.49. The van der Waals surface area contributed by atoms with Crippen LogP contribution in [0.4, 0.5) is 4.39 Å². The zero-order valence-electron chi connectivity index (χ0n) is 11.6. The SMILES string of the molecule is Cn1nc(F)cc1OC1CCN(C(C)(C)C)CC1. The van der Waals surface area contributed by atoms with E-state index in [9.17, 15) is 4.39 Å². The van der Waals surface area contributed by atoms with Gasteiger partial charge in [0.05, 0.1) is 6.07 Å². The lowest BCUT2D eigenvalue weighted by molar-refractivity contribution is 0.0454. The molecule has 0 atom stereocenters.